The van der Waals surface area contributed by atoms with Crippen LogP contribution in [0.1, 0.15) is 43.7 Å². The monoisotopic (exact) mass is 364 g/mol. The number of amides is 2. The summed E-state index contributed by atoms with van der Waals surface area (Å²) in [6, 6.07) is 8.29. The van der Waals surface area contributed by atoms with E-state index in [0.29, 0.717) is 25.3 Å². The average Bonchev–Trinajstić information content (AvgIpc) is 2.46. The van der Waals surface area contributed by atoms with Gasteiger partial charge in [-0.15, -0.1) is 0 Å². The van der Waals surface area contributed by atoms with Crippen molar-refractivity contribution in [2.24, 2.45) is 11.8 Å². The van der Waals surface area contributed by atoms with Crippen molar-refractivity contribution in [1.82, 2.24) is 10.6 Å². The first-order valence-electron chi connectivity index (χ1n) is 7.96. The van der Waals surface area contributed by atoms with Crippen molar-refractivity contribution in [2.75, 3.05) is 6.54 Å². The molecule has 4 nitrogen and oxygen atoms in total. The fraction of sp³-hybridized carbons (Fsp3) is 0.529. The van der Waals surface area contributed by atoms with E-state index in [2.05, 4.69) is 38.7 Å². The van der Waals surface area contributed by atoms with Crippen LogP contribution in [0.25, 0.3) is 0 Å². The van der Waals surface area contributed by atoms with Crippen LogP contribution in [0.2, 0.25) is 0 Å². The van der Waals surface area contributed by atoms with Crippen LogP contribution in [0, 0.1) is 11.8 Å². The van der Waals surface area contributed by atoms with E-state index in [-0.39, 0.29) is 23.8 Å². The Balaban J connectivity index is 1.68. The molecule has 118 valence electrons. The van der Waals surface area contributed by atoms with Crippen LogP contribution in [0.4, 0.5) is 0 Å². The van der Waals surface area contributed by atoms with Crippen LogP contribution < -0.4 is 10.6 Å². The maximum Gasteiger partial charge on any atom is 0.225 e. The number of piperidine rings is 1. The average molecular weight is 365 g/mol. The lowest BCUT2D eigenvalue weighted by atomic mass is 9.77. The third kappa shape index (κ3) is 3.51. The molecule has 2 aliphatic rings. The molecular weight excluding hydrogens is 344 g/mol. The van der Waals surface area contributed by atoms with Gasteiger partial charge in [-0.25, -0.2) is 0 Å². The van der Waals surface area contributed by atoms with Gasteiger partial charge in [-0.3, -0.25) is 9.59 Å². The molecule has 2 atom stereocenters. The molecule has 0 radical (unpaired) electrons. The first kappa shape index (κ1) is 15.5. The van der Waals surface area contributed by atoms with Crippen molar-refractivity contribution in [3.63, 3.8) is 0 Å². The molecule has 0 unspecified atom stereocenters. The molecule has 2 N–H and O–H groups in total. The van der Waals surface area contributed by atoms with Crippen molar-refractivity contribution >= 4 is 27.7 Å². The van der Waals surface area contributed by atoms with Gasteiger partial charge in [0.25, 0.3) is 0 Å². The van der Waals surface area contributed by atoms with Gasteiger partial charge in [-0.05, 0) is 42.9 Å². The van der Waals surface area contributed by atoms with Gasteiger partial charge in [-0.1, -0.05) is 34.5 Å². The van der Waals surface area contributed by atoms with E-state index in [9.17, 15) is 9.59 Å². The van der Waals surface area contributed by atoms with Crippen LogP contribution in [0.3, 0.4) is 0 Å². The van der Waals surface area contributed by atoms with E-state index >= 15 is 0 Å². The maximum atomic E-state index is 12.5. The molecule has 1 aliphatic heterocycles. The molecule has 1 saturated carbocycles. The van der Waals surface area contributed by atoms with E-state index < -0.39 is 0 Å². The van der Waals surface area contributed by atoms with Crippen LogP contribution in [0.5, 0.6) is 0 Å². The molecule has 1 heterocycles. The zero-order valence-electron chi connectivity index (χ0n) is 12.5. The van der Waals surface area contributed by atoms with Gasteiger partial charge < -0.3 is 10.6 Å². The number of hydrogen-bond acceptors (Lipinski definition) is 2. The summed E-state index contributed by atoms with van der Waals surface area (Å²) < 4.78 is 1.05. The SMILES string of the molecule is O=C1CC[C@@H](C(=O)N[C@@H](c2ccc(Br)cc2)C2CCC2)CN1. The van der Waals surface area contributed by atoms with Crippen molar-refractivity contribution < 1.29 is 9.59 Å². The van der Waals surface area contributed by atoms with E-state index in [0.717, 1.165) is 4.47 Å². The summed E-state index contributed by atoms with van der Waals surface area (Å²) >= 11 is 3.45. The molecule has 0 aromatic heterocycles. The van der Waals surface area contributed by atoms with E-state index in [1.54, 1.807) is 0 Å². The predicted molar refractivity (Wildman–Crippen MR) is 88.1 cm³/mol. The summed E-state index contributed by atoms with van der Waals surface area (Å²) in [5.41, 5.74) is 1.17. The van der Waals surface area contributed by atoms with Crippen LogP contribution in [-0.2, 0) is 9.59 Å². The fourth-order valence-electron chi connectivity index (χ4n) is 3.14. The minimum atomic E-state index is -0.101. The van der Waals surface area contributed by atoms with Gasteiger partial charge in [0.1, 0.15) is 0 Å². The summed E-state index contributed by atoms with van der Waals surface area (Å²) in [6.07, 6.45) is 4.68. The minimum Gasteiger partial charge on any atom is -0.355 e. The third-order valence-electron chi connectivity index (χ3n) is 4.78. The normalized spacial score (nSPS) is 23.3. The molecule has 5 heteroatoms. The summed E-state index contributed by atoms with van der Waals surface area (Å²) in [4.78, 5) is 23.8. The van der Waals surface area contributed by atoms with Crippen molar-refractivity contribution in [3.8, 4) is 0 Å². The number of benzene rings is 1. The largest absolute Gasteiger partial charge is 0.355 e. The highest BCUT2D eigenvalue weighted by atomic mass is 79.9. The molecule has 1 aromatic carbocycles. The Morgan fingerprint density at radius 3 is 2.50 bits per heavy atom. The Morgan fingerprint density at radius 1 is 1.23 bits per heavy atom. The van der Waals surface area contributed by atoms with Crippen LogP contribution in [-0.4, -0.2) is 18.4 Å². The van der Waals surface area contributed by atoms with Crippen LogP contribution >= 0.6 is 15.9 Å². The standard InChI is InChI=1S/C17H21BrN2O2/c18-14-7-4-12(5-8-14)16(11-2-1-3-11)20-17(22)13-6-9-15(21)19-10-13/h4-5,7-8,11,13,16H,1-3,6,9-10H2,(H,19,21)(H,20,22)/t13-,16-/m1/s1. The number of rotatable bonds is 4. The van der Waals surface area contributed by atoms with E-state index in [1.807, 2.05) is 12.1 Å². The Kier molecular flexibility index (Phi) is 4.81. The highest BCUT2D eigenvalue weighted by Crippen LogP contribution is 2.38. The van der Waals surface area contributed by atoms with Gasteiger partial charge in [-0.2, -0.15) is 0 Å². The van der Waals surface area contributed by atoms with Crippen LogP contribution in [0.15, 0.2) is 28.7 Å². The lowest BCUT2D eigenvalue weighted by Gasteiger charge is -2.36. The van der Waals surface area contributed by atoms with E-state index in [4.69, 9.17) is 0 Å². The molecule has 1 saturated heterocycles. The fourth-order valence-corrected chi connectivity index (χ4v) is 3.41. The van der Waals surface area contributed by atoms with Crippen molar-refractivity contribution in [2.45, 2.75) is 38.1 Å². The summed E-state index contributed by atoms with van der Waals surface area (Å²) in [7, 11) is 0. The summed E-state index contributed by atoms with van der Waals surface area (Å²) in [5.74, 6) is 0.548. The van der Waals surface area contributed by atoms with Gasteiger partial charge in [0, 0.05) is 17.4 Å². The summed E-state index contributed by atoms with van der Waals surface area (Å²) in [6.45, 7) is 0.461. The molecular formula is C17H21BrN2O2. The Hall–Kier alpha value is -1.36. The molecule has 1 aliphatic carbocycles. The third-order valence-corrected chi connectivity index (χ3v) is 5.31. The first-order valence-corrected chi connectivity index (χ1v) is 8.75. The zero-order valence-corrected chi connectivity index (χ0v) is 14.1. The molecule has 3 rings (SSSR count). The quantitative estimate of drug-likeness (QED) is 0.862. The lowest BCUT2D eigenvalue weighted by molar-refractivity contribution is -0.129. The number of halogens is 1. The molecule has 0 bridgehead atoms. The molecule has 1 aromatic rings. The molecule has 2 amide bonds. The smallest absolute Gasteiger partial charge is 0.225 e. The van der Waals surface area contributed by atoms with Gasteiger partial charge >= 0.3 is 0 Å². The number of hydrogen-bond donors (Lipinski definition) is 2. The molecule has 22 heavy (non-hydrogen) atoms. The van der Waals surface area contributed by atoms with Gasteiger partial charge in [0.05, 0.1) is 12.0 Å². The number of nitrogens with one attached hydrogen (secondary N) is 2. The summed E-state index contributed by atoms with van der Waals surface area (Å²) in [5, 5.41) is 6.02. The zero-order chi connectivity index (χ0) is 15.5. The number of carbonyl (C=O) groups excluding carboxylic acids is 2. The van der Waals surface area contributed by atoms with Gasteiger partial charge in [0.2, 0.25) is 11.8 Å². The predicted octanol–water partition coefficient (Wildman–Crippen LogP) is 2.93. The van der Waals surface area contributed by atoms with Gasteiger partial charge in [0.15, 0.2) is 0 Å². The Bertz CT molecular complexity index is 544. The minimum absolute atomic E-state index is 0.0486. The lowest BCUT2D eigenvalue weighted by Crippen LogP contribution is -2.45. The Morgan fingerprint density at radius 2 is 1.95 bits per heavy atom. The highest BCUT2D eigenvalue weighted by molar-refractivity contribution is 9.10. The molecule has 0 spiro atoms. The highest BCUT2D eigenvalue weighted by Gasteiger charge is 2.32. The van der Waals surface area contributed by atoms with Crippen molar-refractivity contribution in [3.05, 3.63) is 34.3 Å². The number of carbonyl (C=O) groups is 2. The second kappa shape index (κ2) is 6.82. The Labute approximate surface area is 139 Å². The van der Waals surface area contributed by atoms with Crippen molar-refractivity contribution in [1.29, 1.82) is 0 Å². The topological polar surface area (TPSA) is 58.2 Å². The van der Waals surface area contributed by atoms with E-state index in [1.165, 1.54) is 24.8 Å². The molecule has 2 fully saturated rings. The second-order valence-electron chi connectivity index (χ2n) is 6.27. The first-order chi connectivity index (χ1) is 10.6. The maximum absolute atomic E-state index is 12.5. The second-order valence-corrected chi connectivity index (χ2v) is 7.18.